The van der Waals surface area contributed by atoms with Crippen molar-refractivity contribution in [3.8, 4) is 5.75 Å². The molecular weight excluding hydrogens is 409 g/mol. The van der Waals surface area contributed by atoms with Crippen LogP contribution in [0.15, 0.2) is 18.2 Å². The van der Waals surface area contributed by atoms with E-state index in [4.69, 9.17) is 27.9 Å². The van der Waals surface area contributed by atoms with E-state index in [0.717, 1.165) is 38.5 Å². The zero-order valence-electron chi connectivity index (χ0n) is 17.1. The highest BCUT2D eigenvalue weighted by Gasteiger charge is 2.54. The Labute approximate surface area is 183 Å². The molecule has 4 nitrogen and oxygen atoms in total. The summed E-state index contributed by atoms with van der Waals surface area (Å²) in [5.74, 6) is 3.16. The van der Waals surface area contributed by atoms with E-state index < -0.39 is 6.09 Å². The molecular formula is C23H31Cl2NO3. The van der Waals surface area contributed by atoms with E-state index in [1.807, 2.05) is 12.1 Å². The Balaban J connectivity index is 1.49. The van der Waals surface area contributed by atoms with Crippen molar-refractivity contribution in [2.24, 2.45) is 17.3 Å². The Morgan fingerprint density at radius 1 is 1.21 bits per heavy atom. The van der Waals surface area contributed by atoms with Crippen LogP contribution in [-0.2, 0) is 6.42 Å². The molecule has 3 aliphatic carbocycles. The summed E-state index contributed by atoms with van der Waals surface area (Å²) in [6, 6.07) is 6.13. The summed E-state index contributed by atoms with van der Waals surface area (Å²) in [6.45, 7) is 3.15. The molecule has 0 heterocycles. The van der Waals surface area contributed by atoms with Crippen molar-refractivity contribution in [2.45, 2.75) is 57.5 Å². The highest BCUT2D eigenvalue weighted by Crippen LogP contribution is 2.60. The van der Waals surface area contributed by atoms with Crippen LogP contribution in [0.1, 0.15) is 56.1 Å². The average molecular weight is 440 g/mol. The Kier molecular flexibility index (Phi) is 6.34. The monoisotopic (exact) mass is 439 g/mol. The topological polar surface area (TPSA) is 49.8 Å². The number of carbonyl (C=O) groups is 1. The van der Waals surface area contributed by atoms with Crippen molar-refractivity contribution >= 4 is 29.3 Å². The van der Waals surface area contributed by atoms with Gasteiger partial charge in [-0.1, -0.05) is 13.0 Å². The highest BCUT2D eigenvalue weighted by molar-refractivity contribution is 6.18. The van der Waals surface area contributed by atoms with Crippen LogP contribution in [0.2, 0.25) is 0 Å². The van der Waals surface area contributed by atoms with E-state index in [1.165, 1.54) is 11.1 Å². The molecule has 4 rings (SSSR count). The maximum Gasteiger partial charge on any atom is 0.415 e. The summed E-state index contributed by atoms with van der Waals surface area (Å²) < 4.78 is 5.62. The fraction of sp³-hybridized carbons (Fsp3) is 0.696. The molecule has 0 spiro atoms. The fourth-order valence-corrected chi connectivity index (χ4v) is 6.67. The van der Waals surface area contributed by atoms with E-state index in [-0.39, 0.29) is 11.5 Å². The lowest BCUT2D eigenvalue weighted by atomic mass is 9.55. The van der Waals surface area contributed by atoms with Gasteiger partial charge in [0.25, 0.3) is 0 Å². The molecule has 0 saturated heterocycles. The number of amides is 1. The molecule has 6 heteroatoms. The van der Waals surface area contributed by atoms with Crippen molar-refractivity contribution in [1.29, 1.82) is 0 Å². The number of rotatable bonds is 5. The number of hydrogen-bond donors (Lipinski definition) is 1. The predicted octanol–water partition coefficient (Wildman–Crippen LogP) is 5.18. The summed E-state index contributed by atoms with van der Waals surface area (Å²) in [4.78, 5) is 14.0. The fourth-order valence-electron chi connectivity index (χ4n) is 6.26. The summed E-state index contributed by atoms with van der Waals surface area (Å²) >= 11 is 11.6. The normalized spacial score (nSPS) is 32.8. The number of halogens is 2. The van der Waals surface area contributed by atoms with Gasteiger partial charge in [-0.15, -0.1) is 23.2 Å². The van der Waals surface area contributed by atoms with Crippen molar-refractivity contribution in [3.05, 3.63) is 29.3 Å². The number of alkyl halides is 2. The number of nitrogens with zero attached hydrogens (tertiary/aromatic N) is 1. The summed E-state index contributed by atoms with van der Waals surface area (Å²) in [5, 5.41) is 10.5. The second-order valence-electron chi connectivity index (χ2n) is 9.15. The first-order valence-corrected chi connectivity index (χ1v) is 11.9. The molecule has 5 atom stereocenters. The third-order valence-corrected chi connectivity index (χ3v) is 8.16. The van der Waals surface area contributed by atoms with Gasteiger partial charge in [-0.2, -0.15) is 0 Å². The molecule has 2 fully saturated rings. The number of aryl methyl sites for hydroxylation is 1. The number of benzene rings is 1. The maximum atomic E-state index is 12.4. The van der Waals surface area contributed by atoms with Gasteiger partial charge in [-0.05, 0) is 85.0 Å². The van der Waals surface area contributed by atoms with Crippen LogP contribution < -0.4 is 4.74 Å². The minimum absolute atomic E-state index is 0.0996. The Morgan fingerprint density at radius 3 is 2.69 bits per heavy atom. The van der Waals surface area contributed by atoms with Crippen LogP contribution >= 0.6 is 23.2 Å². The molecule has 29 heavy (non-hydrogen) atoms. The van der Waals surface area contributed by atoms with Crippen molar-refractivity contribution in [1.82, 2.24) is 4.90 Å². The number of carbonyl (C=O) groups excluding carboxylic acids is 1. The zero-order valence-corrected chi connectivity index (χ0v) is 18.6. The lowest BCUT2D eigenvalue weighted by Crippen LogP contribution is -2.43. The summed E-state index contributed by atoms with van der Waals surface area (Å²) in [5.41, 5.74) is 2.82. The Morgan fingerprint density at radius 2 is 1.97 bits per heavy atom. The maximum absolute atomic E-state index is 12.4. The van der Waals surface area contributed by atoms with Crippen LogP contribution in [0.5, 0.6) is 5.75 Å². The smallest absolute Gasteiger partial charge is 0.410 e. The van der Waals surface area contributed by atoms with Crippen LogP contribution in [0.25, 0.3) is 0 Å². The second-order valence-corrected chi connectivity index (χ2v) is 9.90. The van der Waals surface area contributed by atoms with Crippen LogP contribution in [0, 0.1) is 17.3 Å². The van der Waals surface area contributed by atoms with Gasteiger partial charge in [0.05, 0.1) is 6.10 Å². The van der Waals surface area contributed by atoms with E-state index in [9.17, 15) is 9.90 Å². The van der Waals surface area contributed by atoms with Gasteiger partial charge in [0.1, 0.15) is 5.75 Å². The Bertz CT molecular complexity index is 752. The molecule has 5 unspecified atom stereocenters. The molecule has 2 saturated carbocycles. The standard InChI is InChI=1S/C23H31Cl2NO3/c1-23-9-8-18-17-5-3-16(29-22(28)26(12-10-24)13-11-25)14-15(17)2-4-19(18)20(23)6-7-21(23)27/h3,5,14,18-21,27H,2,4,6-13H2,1H3. The largest absolute Gasteiger partial charge is 0.415 e. The van der Waals surface area contributed by atoms with Crippen LogP contribution in [-0.4, -0.2) is 47.1 Å². The van der Waals surface area contributed by atoms with Crippen molar-refractivity contribution in [3.63, 3.8) is 0 Å². The predicted molar refractivity (Wildman–Crippen MR) is 116 cm³/mol. The van der Waals surface area contributed by atoms with Gasteiger partial charge in [0.2, 0.25) is 0 Å². The molecule has 0 aromatic heterocycles. The lowest BCUT2D eigenvalue weighted by molar-refractivity contribution is -0.0226. The third kappa shape index (κ3) is 3.88. The summed E-state index contributed by atoms with van der Waals surface area (Å²) in [7, 11) is 0. The molecule has 0 bridgehead atoms. The first-order valence-electron chi connectivity index (χ1n) is 10.9. The third-order valence-electron chi connectivity index (χ3n) is 7.82. The molecule has 0 radical (unpaired) electrons. The molecule has 1 aromatic carbocycles. The van der Waals surface area contributed by atoms with Gasteiger partial charge in [-0.3, -0.25) is 0 Å². The lowest BCUT2D eigenvalue weighted by Gasteiger charge is -2.50. The molecule has 1 aromatic rings. The average Bonchev–Trinajstić information content (AvgIpc) is 3.02. The van der Waals surface area contributed by atoms with E-state index >= 15 is 0 Å². The van der Waals surface area contributed by atoms with Crippen LogP contribution in [0.4, 0.5) is 4.79 Å². The number of aliphatic hydroxyl groups is 1. The highest BCUT2D eigenvalue weighted by atomic mass is 35.5. The van der Waals surface area contributed by atoms with Crippen molar-refractivity contribution in [2.75, 3.05) is 24.8 Å². The van der Waals surface area contributed by atoms with E-state index in [0.29, 0.717) is 48.4 Å². The minimum atomic E-state index is -0.395. The SMILES string of the molecule is CC12CCC3c4ccc(OC(=O)N(CCCl)CCCl)cc4CCC3C1CCC2O. The van der Waals surface area contributed by atoms with Crippen molar-refractivity contribution < 1.29 is 14.6 Å². The molecule has 1 amide bonds. The van der Waals surface area contributed by atoms with Gasteiger partial charge < -0.3 is 14.7 Å². The van der Waals surface area contributed by atoms with Crippen LogP contribution in [0.3, 0.4) is 0 Å². The molecule has 160 valence electrons. The molecule has 3 aliphatic rings. The number of fused-ring (bicyclic) bond motifs is 5. The minimum Gasteiger partial charge on any atom is -0.410 e. The van der Waals surface area contributed by atoms with E-state index in [1.54, 1.807) is 4.90 Å². The quantitative estimate of drug-likeness (QED) is 0.642. The zero-order chi connectivity index (χ0) is 20.6. The first kappa shape index (κ1) is 21.3. The number of aliphatic hydroxyl groups excluding tert-OH is 1. The molecule has 1 N–H and O–H groups in total. The first-order chi connectivity index (χ1) is 14.0. The molecule has 0 aliphatic heterocycles. The number of ether oxygens (including phenoxy) is 1. The van der Waals surface area contributed by atoms with Gasteiger partial charge in [0.15, 0.2) is 0 Å². The van der Waals surface area contributed by atoms with Gasteiger partial charge >= 0.3 is 6.09 Å². The summed E-state index contributed by atoms with van der Waals surface area (Å²) in [6.07, 6.45) is 5.98. The van der Waals surface area contributed by atoms with Gasteiger partial charge in [0, 0.05) is 24.8 Å². The van der Waals surface area contributed by atoms with E-state index in [2.05, 4.69) is 13.0 Å². The second kappa shape index (κ2) is 8.64. The Hall–Kier alpha value is -0.970. The van der Waals surface area contributed by atoms with Gasteiger partial charge in [-0.25, -0.2) is 4.79 Å². The number of hydrogen-bond acceptors (Lipinski definition) is 3.